The van der Waals surface area contributed by atoms with Gasteiger partial charge in [0.25, 0.3) is 0 Å². The van der Waals surface area contributed by atoms with E-state index in [4.69, 9.17) is 0 Å². The summed E-state index contributed by atoms with van der Waals surface area (Å²) in [7, 11) is 0. The fourth-order valence-electron chi connectivity index (χ4n) is 1.99. The summed E-state index contributed by atoms with van der Waals surface area (Å²) in [5, 5.41) is 3.36. The van der Waals surface area contributed by atoms with E-state index in [2.05, 4.69) is 34.3 Å². The van der Waals surface area contributed by atoms with Gasteiger partial charge in [0, 0.05) is 17.8 Å². The van der Waals surface area contributed by atoms with Crippen LogP contribution in [0.25, 0.3) is 11.3 Å². The van der Waals surface area contributed by atoms with E-state index in [9.17, 15) is 0 Å². The van der Waals surface area contributed by atoms with Crippen LogP contribution in [-0.2, 0) is 6.42 Å². The highest BCUT2D eigenvalue weighted by molar-refractivity contribution is 5.63. The predicted octanol–water partition coefficient (Wildman–Crippen LogP) is 3.28. The minimum atomic E-state index is 0.584. The molecule has 1 saturated carbocycles. The van der Waals surface area contributed by atoms with Crippen molar-refractivity contribution in [3.05, 3.63) is 42.1 Å². The van der Waals surface area contributed by atoms with Gasteiger partial charge in [-0.25, -0.2) is 9.97 Å². The van der Waals surface area contributed by atoms with E-state index in [1.54, 1.807) is 0 Å². The molecule has 3 rings (SSSR count). The first-order valence-corrected chi connectivity index (χ1v) is 6.54. The Morgan fingerprint density at radius 1 is 1.22 bits per heavy atom. The lowest BCUT2D eigenvalue weighted by Gasteiger charge is -2.09. The van der Waals surface area contributed by atoms with E-state index >= 15 is 0 Å². The van der Waals surface area contributed by atoms with Crippen molar-refractivity contribution >= 4 is 5.95 Å². The highest BCUT2D eigenvalue weighted by Crippen LogP contribution is 2.26. The van der Waals surface area contributed by atoms with Gasteiger partial charge in [-0.05, 0) is 24.8 Å². The smallest absolute Gasteiger partial charge is 0.223 e. The number of anilines is 1. The maximum Gasteiger partial charge on any atom is 0.223 e. The summed E-state index contributed by atoms with van der Waals surface area (Å²) in [6, 6.07) is 10.9. The third-order valence-corrected chi connectivity index (χ3v) is 3.20. The molecule has 0 radical (unpaired) electrons. The zero-order chi connectivity index (χ0) is 12.4. The van der Waals surface area contributed by atoms with Crippen LogP contribution in [0.2, 0.25) is 0 Å². The predicted molar refractivity (Wildman–Crippen MR) is 73.5 cm³/mol. The van der Waals surface area contributed by atoms with Crippen molar-refractivity contribution in [2.45, 2.75) is 32.2 Å². The van der Waals surface area contributed by atoms with Gasteiger partial charge in [-0.2, -0.15) is 0 Å². The molecule has 18 heavy (non-hydrogen) atoms. The number of benzene rings is 1. The Hall–Kier alpha value is -1.90. The first-order valence-electron chi connectivity index (χ1n) is 6.54. The maximum absolute atomic E-state index is 4.67. The summed E-state index contributed by atoms with van der Waals surface area (Å²) in [6.45, 7) is 2.14. The van der Waals surface area contributed by atoms with Crippen LogP contribution in [0, 0.1) is 0 Å². The number of hydrogen-bond donors (Lipinski definition) is 1. The minimum absolute atomic E-state index is 0.584. The molecule has 3 heteroatoms. The van der Waals surface area contributed by atoms with Crippen LogP contribution < -0.4 is 5.32 Å². The number of aryl methyl sites for hydroxylation is 1. The molecule has 1 fully saturated rings. The summed E-state index contributed by atoms with van der Waals surface area (Å²) in [5.41, 5.74) is 3.41. The van der Waals surface area contributed by atoms with Gasteiger partial charge in [0.15, 0.2) is 0 Å². The fraction of sp³-hybridized carbons (Fsp3) is 0.333. The molecular formula is C15H17N3. The second kappa shape index (κ2) is 4.77. The van der Waals surface area contributed by atoms with Crippen LogP contribution in [0.5, 0.6) is 0 Å². The van der Waals surface area contributed by atoms with Gasteiger partial charge in [0.1, 0.15) is 0 Å². The molecule has 1 aromatic heterocycles. The molecule has 92 valence electrons. The quantitative estimate of drug-likeness (QED) is 0.889. The summed E-state index contributed by atoms with van der Waals surface area (Å²) in [6.07, 6.45) is 5.37. The first kappa shape index (κ1) is 11.2. The van der Waals surface area contributed by atoms with Crippen LogP contribution in [0.1, 0.15) is 25.3 Å². The van der Waals surface area contributed by atoms with Gasteiger partial charge in [-0.3, -0.25) is 0 Å². The van der Waals surface area contributed by atoms with Gasteiger partial charge in [-0.1, -0.05) is 37.3 Å². The molecule has 0 spiro atoms. The average molecular weight is 239 g/mol. The van der Waals surface area contributed by atoms with Crippen molar-refractivity contribution in [3.63, 3.8) is 0 Å². The minimum Gasteiger partial charge on any atom is -0.351 e. The van der Waals surface area contributed by atoms with Gasteiger partial charge >= 0.3 is 0 Å². The van der Waals surface area contributed by atoms with Crippen molar-refractivity contribution in [3.8, 4) is 11.3 Å². The van der Waals surface area contributed by atoms with E-state index in [0.29, 0.717) is 6.04 Å². The fourth-order valence-corrected chi connectivity index (χ4v) is 1.99. The SMILES string of the molecule is CCc1cnc(NC2CC2)nc1-c1ccccc1. The van der Waals surface area contributed by atoms with Crippen LogP contribution in [0.3, 0.4) is 0 Å². The van der Waals surface area contributed by atoms with Crippen LogP contribution in [0.15, 0.2) is 36.5 Å². The Balaban J connectivity index is 1.98. The van der Waals surface area contributed by atoms with Crippen LogP contribution in [-0.4, -0.2) is 16.0 Å². The third kappa shape index (κ3) is 2.35. The summed E-state index contributed by atoms with van der Waals surface area (Å²) >= 11 is 0. The van der Waals surface area contributed by atoms with E-state index in [0.717, 1.165) is 23.6 Å². The molecule has 3 nitrogen and oxygen atoms in total. The van der Waals surface area contributed by atoms with Gasteiger partial charge < -0.3 is 5.32 Å². The van der Waals surface area contributed by atoms with E-state index in [1.807, 2.05) is 24.4 Å². The zero-order valence-electron chi connectivity index (χ0n) is 10.6. The van der Waals surface area contributed by atoms with Gasteiger partial charge in [0.2, 0.25) is 5.95 Å². The highest BCUT2D eigenvalue weighted by Gasteiger charge is 2.22. The summed E-state index contributed by atoms with van der Waals surface area (Å²) in [4.78, 5) is 9.07. The summed E-state index contributed by atoms with van der Waals surface area (Å²) < 4.78 is 0. The highest BCUT2D eigenvalue weighted by atomic mass is 15.1. The Bertz CT molecular complexity index is 533. The first-order chi connectivity index (χ1) is 8.86. The number of hydrogen-bond acceptors (Lipinski definition) is 3. The molecule has 1 heterocycles. The number of nitrogens with zero attached hydrogens (tertiary/aromatic N) is 2. The number of nitrogens with one attached hydrogen (secondary N) is 1. The molecule has 0 bridgehead atoms. The lowest BCUT2D eigenvalue weighted by Crippen LogP contribution is -2.07. The van der Waals surface area contributed by atoms with Crippen LogP contribution in [0.4, 0.5) is 5.95 Å². The van der Waals surface area contributed by atoms with E-state index < -0.39 is 0 Å². The molecule has 0 saturated heterocycles. The number of aromatic nitrogens is 2. The maximum atomic E-state index is 4.67. The van der Waals surface area contributed by atoms with Crippen molar-refractivity contribution in [1.29, 1.82) is 0 Å². The van der Waals surface area contributed by atoms with Gasteiger partial charge in [0.05, 0.1) is 5.69 Å². The Morgan fingerprint density at radius 3 is 2.67 bits per heavy atom. The van der Waals surface area contributed by atoms with Gasteiger partial charge in [-0.15, -0.1) is 0 Å². The average Bonchev–Trinajstić information content (AvgIpc) is 3.24. The molecular weight excluding hydrogens is 222 g/mol. The van der Waals surface area contributed by atoms with E-state index in [-0.39, 0.29) is 0 Å². The molecule has 0 amide bonds. The van der Waals surface area contributed by atoms with Crippen molar-refractivity contribution in [2.75, 3.05) is 5.32 Å². The summed E-state index contributed by atoms with van der Waals surface area (Å²) in [5.74, 6) is 0.758. The Labute approximate surface area is 107 Å². The van der Waals surface area contributed by atoms with Crippen molar-refractivity contribution in [1.82, 2.24) is 9.97 Å². The molecule has 0 aliphatic heterocycles. The molecule has 1 aliphatic carbocycles. The monoisotopic (exact) mass is 239 g/mol. The lowest BCUT2D eigenvalue weighted by molar-refractivity contribution is 1.01. The largest absolute Gasteiger partial charge is 0.351 e. The normalized spacial score (nSPS) is 14.5. The van der Waals surface area contributed by atoms with Crippen LogP contribution >= 0.6 is 0 Å². The Morgan fingerprint density at radius 2 is 2.00 bits per heavy atom. The molecule has 1 aromatic carbocycles. The second-order valence-corrected chi connectivity index (χ2v) is 4.71. The third-order valence-electron chi connectivity index (χ3n) is 3.20. The van der Waals surface area contributed by atoms with Crippen molar-refractivity contribution < 1.29 is 0 Å². The standard InChI is InChI=1S/C15H17N3/c1-2-11-10-16-15(17-13-8-9-13)18-14(11)12-6-4-3-5-7-12/h3-7,10,13H,2,8-9H2,1H3,(H,16,17,18). The Kier molecular flexibility index (Phi) is 2.97. The lowest BCUT2D eigenvalue weighted by atomic mass is 10.1. The number of rotatable bonds is 4. The second-order valence-electron chi connectivity index (χ2n) is 4.71. The van der Waals surface area contributed by atoms with E-state index in [1.165, 1.54) is 18.4 Å². The molecule has 2 aromatic rings. The van der Waals surface area contributed by atoms with Crippen molar-refractivity contribution in [2.24, 2.45) is 0 Å². The molecule has 1 N–H and O–H groups in total. The molecule has 1 aliphatic rings. The molecule has 0 atom stereocenters. The molecule has 0 unspecified atom stereocenters. The topological polar surface area (TPSA) is 37.8 Å². The zero-order valence-corrected chi connectivity index (χ0v) is 10.6.